The van der Waals surface area contributed by atoms with Gasteiger partial charge in [-0.05, 0) is 49.2 Å². The highest BCUT2D eigenvalue weighted by atomic mass is 127. The van der Waals surface area contributed by atoms with Gasteiger partial charge in [0.25, 0.3) is 0 Å². The van der Waals surface area contributed by atoms with E-state index in [2.05, 4.69) is 62.9 Å². The van der Waals surface area contributed by atoms with Crippen molar-refractivity contribution in [3.05, 3.63) is 65.0 Å². The average molecular weight is 506 g/mol. The number of rotatable bonds is 6. The summed E-state index contributed by atoms with van der Waals surface area (Å²) in [6.45, 7) is 5.42. The Morgan fingerprint density at radius 2 is 1.79 bits per heavy atom. The number of halogens is 1. The summed E-state index contributed by atoms with van der Waals surface area (Å²) in [6.07, 6.45) is 0. The van der Waals surface area contributed by atoms with Crippen LogP contribution in [0.4, 0.5) is 0 Å². The van der Waals surface area contributed by atoms with Crippen molar-refractivity contribution in [3.8, 4) is 17.1 Å². The third kappa shape index (κ3) is 6.18. The number of hydrogen-bond donors (Lipinski definition) is 3. The number of nitrogens with zero attached hydrogens (tertiary/aromatic N) is 3. The Morgan fingerprint density at radius 1 is 1.07 bits per heavy atom. The smallest absolute Gasteiger partial charge is 0.191 e. The highest BCUT2D eigenvalue weighted by Crippen LogP contribution is 2.18. The Morgan fingerprint density at radius 3 is 2.45 bits per heavy atom. The van der Waals surface area contributed by atoms with E-state index in [1.807, 2.05) is 24.3 Å². The molecule has 0 bridgehead atoms. The van der Waals surface area contributed by atoms with E-state index >= 15 is 0 Å². The van der Waals surface area contributed by atoms with Crippen LogP contribution in [0.15, 0.2) is 47.5 Å². The van der Waals surface area contributed by atoms with E-state index in [0.29, 0.717) is 24.9 Å². The van der Waals surface area contributed by atoms with Crippen molar-refractivity contribution in [2.75, 3.05) is 14.2 Å². The fraction of sp³-hybridized carbons (Fsp3) is 0.286. The van der Waals surface area contributed by atoms with Crippen molar-refractivity contribution < 1.29 is 4.74 Å². The largest absolute Gasteiger partial charge is 0.497 e. The summed E-state index contributed by atoms with van der Waals surface area (Å²) in [5, 5.41) is 13.8. The van der Waals surface area contributed by atoms with Gasteiger partial charge in [-0.15, -0.1) is 24.0 Å². The van der Waals surface area contributed by atoms with Gasteiger partial charge in [0.05, 0.1) is 13.7 Å². The summed E-state index contributed by atoms with van der Waals surface area (Å²) >= 11 is 0. The van der Waals surface area contributed by atoms with Crippen LogP contribution < -0.4 is 15.4 Å². The second-order valence-electron chi connectivity index (χ2n) is 6.54. The van der Waals surface area contributed by atoms with Crippen LogP contribution in [0.3, 0.4) is 0 Å². The molecule has 0 aliphatic heterocycles. The van der Waals surface area contributed by atoms with Crippen LogP contribution in [-0.4, -0.2) is 35.3 Å². The third-order valence-electron chi connectivity index (χ3n) is 4.47. The molecule has 1 heterocycles. The number of guanidine groups is 1. The van der Waals surface area contributed by atoms with E-state index in [1.54, 1.807) is 14.2 Å². The first-order valence-corrected chi connectivity index (χ1v) is 9.15. The lowest BCUT2D eigenvalue weighted by molar-refractivity contribution is 0.415. The van der Waals surface area contributed by atoms with Gasteiger partial charge in [-0.1, -0.05) is 23.8 Å². The molecule has 3 N–H and O–H groups in total. The van der Waals surface area contributed by atoms with E-state index in [4.69, 9.17) is 4.74 Å². The zero-order valence-electron chi connectivity index (χ0n) is 17.1. The molecule has 2 aromatic carbocycles. The van der Waals surface area contributed by atoms with Crippen LogP contribution in [0.1, 0.15) is 22.5 Å². The molecule has 0 radical (unpaired) electrons. The Kier molecular flexibility index (Phi) is 8.44. The molecular weight excluding hydrogens is 479 g/mol. The molecule has 1 aromatic heterocycles. The molecule has 0 aliphatic carbocycles. The van der Waals surface area contributed by atoms with Gasteiger partial charge >= 0.3 is 0 Å². The van der Waals surface area contributed by atoms with Crippen molar-refractivity contribution in [3.63, 3.8) is 0 Å². The normalized spacial score (nSPS) is 11.0. The van der Waals surface area contributed by atoms with Gasteiger partial charge in [0.1, 0.15) is 11.6 Å². The number of methoxy groups -OCH3 is 1. The van der Waals surface area contributed by atoms with Gasteiger partial charge in [0.2, 0.25) is 0 Å². The van der Waals surface area contributed by atoms with Crippen LogP contribution in [0.25, 0.3) is 11.4 Å². The predicted molar refractivity (Wildman–Crippen MR) is 127 cm³/mol. The lowest BCUT2D eigenvalue weighted by atomic mass is 10.1. The highest BCUT2D eigenvalue weighted by molar-refractivity contribution is 14.0. The van der Waals surface area contributed by atoms with E-state index < -0.39 is 0 Å². The maximum atomic E-state index is 5.18. The number of aromatic amines is 1. The zero-order valence-corrected chi connectivity index (χ0v) is 19.4. The molecule has 3 aromatic rings. The van der Waals surface area contributed by atoms with Gasteiger partial charge in [-0.2, -0.15) is 5.10 Å². The quantitative estimate of drug-likeness (QED) is 0.270. The molecule has 0 aliphatic rings. The first-order chi connectivity index (χ1) is 13.6. The van der Waals surface area contributed by atoms with E-state index in [-0.39, 0.29) is 24.0 Å². The van der Waals surface area contributed by atoms with E-state index in [0.717, 1.165) is 17.1 Å². The predicted octanol–water partition coefficient (Wildman–Crippen LogP) is 3.58. The number of aromatic nitrogens is 3. The van der Waals surface area contributed by atoms with Gasteiger partial charge < -0.3 is 15.4 Å². The number of aliphatic imine (C=N–C) groups is 1. The zero-order chi connectivity index (χ0) is 19.9. The van der Waals surface area contributed by atoms with Crippen LogP contribution in [0, 0.1) is 13.8 Å². The first kappa shape index (κ1) is 22.7. The second-order valence-corrected chi connectivity index (χ2v) is 6.54. The Balaban J connectivity index is 0.00000300. The molecule has 0 amide bonds. The van der Waals surface area contributed by atoms with Crippen molar-refractivity contribution in [1.29, 1.82) is 0 Å². The molecule has 154 valence electrons. The molecule has 3 rings (SSSR count). The monoisotopic (exact) mass is 506 g/mol. The van der Waals surface area contributed by atoms with Crippen LogP contribution >= 0.6 is 24.0 Å². The SMILES string of the molecule is CN=C(NCc1nc(-c2ccc(OC)cc2)n[nH]1)NCc1ccc(C)cc1C.I. The topological polar surface area (TPSA) is 87.2 Å². The van der Waals surface area contributed by atoms with Crippen molar-refractivity contribution >= 4 is 29.9 Å². The summed E-state index contributed by atoms with van der Waals surface area (Å²) in [4.78, 5) is 8.80. The molecule has 0 unspecified atom stereocenters. The fourth-order valence-corrected chi connectivity index (χ4v) is 2.85. The van der Waals surface area contributed by atoms with Crippen LogP contribution in [-0.2, 0) is 13.1 Å². The summed E-state index contributed by atoms with van der Waals surface area (Å²) in [5.41, 5.74) is 4.71. The summed E-state index contributed by atoms with van der Waals surface area (Å²) in [5.74, 6) is 2.90. The lowest BCUT2D eigenvalue weighted by Crippen LogP contribution is -2.36. The minimum absolute atomic E-state index is 0. The Bertz CT molecular complexity index is 952. The Hall–Kier alpha value is -2.62. The van der Waals surface area contributed by atoms with Crippen molar-refractivity contribution in [1.82, 2.24) is 25.8 Å². The molecule has 0 spiro atoms. The number of hydrogen-bond acceptors (Lipinski definition) is 4. The molecule has 0 atom stereocenters. The standard InChI is InChI=1S/C21H26N6O.HI/c1-14-5-6-17(15(2)11-14)12-23-21(22-3)24-13-19-25-20(27-26-19)16-7-9-18(28-4)10-8-16;/h5-11H,12-13H2,1-4H3,(H2,22,23,24)(H,25,26,27);1H. The lowest BCUT2D eigenvalue weighted by Gasteiger charge is -2.12. The summed E-state index contributed by atoms with van der Waals surface area (Å²) in [7, 11) is 3.40. The molecule has 0 saturated heterocycles. The minimum Gasteiger partial charge on any atom is -0.497 e. The molecule has 29 heavy (non-hydrogen) atoms. The maximum absolute atomic E-state index is 5.18. The molecule has 8 heteroatoms. The fourth-order valence-electron chi connectivity index (χ4n) is 2.85. The van der Waals surface area contributed by atoms with Crippen molar-refractivity contribution in [2.45, 2.75) is 26.9 Å². The molecule has 7 nitrogen and oxygen atoms in total. The van der Waals surface area contributed by atoms with Gasteiger partial charge in [0, 0.05) is 19.2 Å². The Labute approximate surface area is 188 Å². The van der Waals surface area contributed by atoms with Gasteiger partial charge in [-0.3, -0.25) is 10.1 Å². The third-order valence-corrected chi connectivity index (χ3v) is 4.47. The van der Waals surface area contributed by atoms with Crippen LogP contribution in [0.5, 0.6) is 5.75 Å². The van der Waals surface area contributed by atoms with E-state index in [9.17, 15) is 0 Å². The molecule has 0 fully saturated rings. The van der Waals surface area contributed by atoms with Crippen LogP contribution in [0.2, 0.25) is 0 Å². The molecule has 0 saturated carbocycles. The number of ether oxygens (including phenoxy) is 1. The van der Waals surface area contributed by atoms with Gasteiger partial charge in [-0.25, -0.2) is 4.98 Å². The number of benzene rings is 2. The van der Waals surface area contributed by atoms with E-state index in [1.165, 1.54) is 16.7 Å². The maximum Gasteiger partial charge on any atom is 0.191 e. The average Bonchev–Trinajstić information content (AvgIpc) is 3.18. The second kappa shape index (κ2) is 10.8. The summed E-state index contributed by atoms with van der Waals surface area (Å²) in [6, 6.07) is 14.1. The highest BCUT2D eigenvalue weighted by Gasteiger charge is 2.07. The minimum atomic E-state index is 0. The molecular formula is C21H27IN6O. The van der Waals surface area contributed by atoms with Crippen molar-refractivity contribution in [2.24, 2.45) is 4.99 Å². The first-order valence-electron chi connectivity index (χ1n) is 9.15. The summed E-state index contributed by atoms with van der Waals surface area (Å²) < 4.78 is 5.18. The van der Waals surface area contributed by atoms with Gasteiger partial charge in [0.15, 0.2) is 11.8 Å². The number of nitrogens with one attached hydrogen (secondary N) is 3. The number of aryl methyl sites for hydroxylation is 2. The number of H-pyrrole nitrogens is 1.